The van der Waals surface area contributed by atoms with Crippen LogP contribution in [0.4, 0.5) is 13.2 Å². The second-order valence-corrected chi connectivity index (χ2v) is 7.13. The first-order valence-corrected chi connectivity index (χ1v) is 8.63. The fraction of sp³-hybridized carbons (Fsp3) is 0.556. The first-order chi connectivity index (χ1) is 11.3. The van der Waals surface area contributed by atoms with Gasteiger partial charge < -0.3 is 4.74 Å². The molecule has 3 rings (SSSR count). The van der Waals surface area contributed by atoms with Crippen LogP contribution in [0.25, 0.3) is 6.08 Å². The zero-order valence-electron chi connectivity index (χ0n) is 13.7. The van der Waals surface area contributed by atoms with Crippen LogP contribution < -0.4 is 4.74 Å². The predicted octanol–water partition coefficient (Wildman–Crippen LogP) is 5.44. The molecule has 0 aromatic heterocycles. The van der Waals surface area contributed by atoms with Crippen molar-refractivity contribution in [2.75, 3.05) is 0 Å². The van der Waals surface area contributed by atoms with Gasteiger partial charge in [0.05, 0.1) is 0 Å². The lowest BCUT2D eigenvalue weighted by atomic mass is 9.96. The minimum absolute atomic E-state index is 0.247. The highest BCUT2D eigenvalue weighted by atomic mass is 35.5. The molecule has 6 heteroatoms. The van der Waals surface area contributed by atoms with Gasteiger partial charge in [0.2, 0.25) is 6.10 Å². The summed E-state index contributed by atoms with van der Waals surface area (Å²) in [5.74, 6) is 0.247. The summed E-state index contributed by atoms with van der Waals surface area (Å²) in [5, 5.41) is 0.567. The van der Waals surface area contributed by atoms with Crippen molar-refractivity contribution in [2.24, 2.45) is 0 Å². The molecule has 0 radical (unpaired) electrons. The Morgan fingerprint density at radius 3 is 2.50 bits per heavy atom. The van der Waals surface area contributed by atoms with Crippen molar-refractivity contribution in [1.29, 1.82) is 0 Å². The average Bonchev–Trinajstić information content (AvgIpc) is 2.50. The number of fused-ring (bicyclic) bond motifs is 1. The maximum Gasteiger partial charge on any atom is 0.429 e. The maximum absolute atomic E-state index is 12.9. The molecule has 0 N–H and O–H groups in total. The molecule has 1 fully saturated rings. The van der Waals surface area contributed by atoms with Crippen molar-refractivity contribution in [3.63, 3.8) is 0 Å². The Morgan fingerprint density at radius 1 is 1.21 bits per heavy atom. The Balaban J connectivity index is 1.85. The minimum atomic E-state index is -4.41. The number of nitrogens with zero attached hydrogens (tertiary/aromatic N) is 1. The number of benzene rings is 1. The van der Waals surface area contributed by atoms with Crippen LogP contribution in [0.1, 0.15) is 44.2 Å². The normalized spacial score (nSPS) is 27.7. The molecule has 132 valence electrons. The monoisotopic (exact) mass is 359 g/mol. The third-order valence-electron chi connectivity index (χ3n) is 4.93. The van der Waals surface area contributed by atoms with E-state index in [1.54, 1.807) is 12.1 Å². The maximum atomic E-state index is 12.9. The molecule has 2 nitrogen and oxygen atoms in total. The number of likely N-dealkylation sites (tertiary alicyclic amines) is 1. The molecule has 1 aromatic rings. The second kappa shape index (κ2) is 6.60. The van der Waals surface area contributed by atoms with E-state index in [2.05, 4.69) is 18.7 Å². The molecule has 0 bridgehead atoms. The Labute approximate surface area is 145 Å². The molecule has 0 aliphatic carbocycles. The summed E-state index contributed by atoms with van der Waals surface area (Å²) < 4.78 is 43.8. The Bertz CT molecular complexity index is 634. The smallest absolute Gasteiger partial charge is 0.429 e. The van der Waals surface area contributed by atoms with Gasteiger partial charge in [-0.05, 0) is 50.5 Å². The van der Waals surface area contributed by atoms with Gasteiger partial charge in [0.1, 0.15) is 5.75 Å². The number of piperidine rings is 1. The van der Waals surface area contributed by atoms with Crippen LogP contribution in [-0.2, 0) is 6.54 Å². The first kappa shape index (κ1) is 17.6. The molecular formula is C18H21ClF3NO. The lowest BCUT2D eigenvalue weighted by molar-refractivity contribution is -0.180. The molecule has 0 spiro atoms. The number of hydrogen-bond donors (Lipinski definition) is 0. The number of halogens is 4. The summed E-state index contributed by atoms with van der Waals surface area (Å²) in [7, 11) is 0. The van der Waals surface area contributed by atoms with Crippen molar-refractivity contribution in [3.05, 3.63) is 34.4 Å². The molecule has 1 saturated heterocycles. The molecule has 1 aromatic carbocycles. The van der Waals surface area contributed by atoms with E-state index in [-0.39, 0.29) is 5.75 Å². The van der Waals surface area contributed by atoms with E-state index in [1.165, 1.54) is 12.5 Å². The topological polar surface area (TPSA) is 12.5 Å². The van der Waals surface area contributed by atoms with Crippen molar-refractivity contribution >= 4 is 17.7 Å². The molecule has 2 aliphatic rings. The van der Waals surface area contributed by atoms with Crippen LogP contribution in [0.2, 0.25) is 5.02 Å². The molecular weight excluding hydrogens is 339 g/mol. The Hall–Kier alpha value is -1.20. The Kier molecular flexibility index (Phi) is 4.85. The largest absolute Gasteiger partial charge is 0.476 e. The number of rotatable bonds is 2. The van der Waals surface area contributed by atoms with Gasteiger partial charge in [-0.2, -0.15) is 13.2 Å². The van der Waals surface area contributed by atoms with Gasteiger partial charge in [-0.1, -0.05) is 24.1 Å². The summed E-state index contributed by atoms with van der Waals surface area (Å²) in [6.45, 7) is 4.99. The second-order valence-electron chi connectivity index (χ2n) is 6.72. The van der Waals surface area contributed by atoms with E-state index >= 15 is 0 Å². The summed E-state index contributed by atoms with van der Waals surface area (Å²) in [6.07, 6.45) is -0.398. The number of ether oxygens (including phenoxy) is 1. The zero-order chi connectivity index (χ0) is 17.5. The van der Waals surface area contributed by atoms with E-state index < -0.39 is 12.3 Å². The lowest BCUT2D eigenvalue weighted by Crippen LogP contribution is -2.43. The SMILES string of the molecule is CC1CCCC(C)N1Cc1cc2c(cc1Cl)C=CC(C(F)(F)F)O2. The fourth-order valence-corrected chi connectivity index (χ4v) is 3.72. The molecule has 2 heterocycles. The van der Waals surface area contributed by atoms with Gasteiger partial charge in [0, 0.05) is 29.2 Å². The zero-order valence-corrected chi connectivity index (χ0v) is 14.5. The molecule has 0 amide bonds. The highest BCUT2D eigenvalue weighted by molar-refractivity contribution is 6.31. The van der Waals surface area contributed by atoms with Gasteiger partial charge in [-0.3, -0.25) is 4.90 Å². The van der Waals surface area contributed by atoms with E-state index in [1.807, 2.05) is 0 Å². The van der Waals surface area contributed by atoms with Crippen molar-refractivity contribution in [3.8, 4) is 5.75 Å². The molecule has 2 aliphatic heterocycles. The average molecular weight is 360 g/mol. The minimum Gasteiger partial charge on any atom is -0.476 e. The van der Waals surface area contributed by atoms with Gasteiger partial charge >= 0.3 is 6.18 Å². The van der Waals surface area contributed by atoms with Crippen LogP contribution in [0.15, 0.2) is 18.2 Å². The number of hydrogen-bond acceptors (Lipinski definition) is 2. The first-order valence-electron chi connectivity index (χ1n) is 8.25. The van der Waals surface area contributed by atoms with Crippen molar-refractivity contribution < 1.29 is 17.9 Å². The van der Waals surface area contributed by atoms with E-state index in [0.717, 1.165) is 24.5 Å². The van der Waals surface area contributed by atoms with Gasteiger partial charge in [-0.25, -0.2) is 0 Å². The molecule has 0 saturated carbocycles. The van der Waals surface area contributed by atoms with Gasteiger partial charge in [0.25, 0.3) is 0 Å². The third-order valence-corrected chi connectivity index (χ3v) is 5.29. The highest BCUT2D eigenvalue weighted by Gasteiger charge is 2.41. The van der Waals surface area contributed by atoms with Crippen LogP contribution in [0.3, 0.4) is 0 Å². The summed E-state index contributed by atoms with van der Waals surface area (Å²) in [6, 6.07) is 4.22. The van der Waals surface area contributed by atoms with Gasteiger partial charge in [0.15, 0.2) is 0 Å². The standard InChI is InChI=1S/C18H21ClF3NO/c1-11-4-3-5-12(2)23(11)10-14-9-16-13(8-15(14)19)6-7-17(24-16)18(20,21)22/h6-9,11-12,17H,3-5,10H2,1-2H3. The third kappa shape index (κ3) is 3.57. The quantitative estimate of drug-likeness (QED) is 0.697. The number of alkyl halides is 3. The van der Waals surface area contributed by atoms with Crippen LogP contribution in [0.5, 0.6) is 5.75 Å². The molecule has 3 atom stereocenters. The van der Waals surface area contributed by atoms with Crippen molar-refractivity contribution in [2.45, 2.75) is 64.0 Å². The Morgan fingerprint density at radius 2 is 1.88 bits per heavy atom. The van der Waals surface area contributed by atoms with E-state index in [4.69, 9.17) is 16.3 Å². The summed E-state index contributed by atoms with van der Waals surface area (Å²) in [5.41, 5.74) is 1.40. The van der Waals surface area contributed by atoms with Gasteiger partial charge in [-0.15, -0.1) is 0 Å². The lowest BCUT2D eigenvalue weighted by Gasteiger charge is -2.39. The highest BCUT2D eigenvalue weighted by Crippen LogP contribution is 2.37. The summed E-state index contributed by atoms with van der Waals surface area (Å²) in [4.78, 5) is 2.36. The van der Waals surface area contributed by atoms with Crippen LogP contribution >= 0.6 is 11.6 Å². The van der Waals surface area contributed by atoms with E-state index in [0.29, 0.717) is 29.2 Å². The summed E-state index contributed by atoms with van der Waals surface area (Å²) >= 11 is 6.36. The van der Waals surface area contributed by atoms with E-state index in [9.17, 15) is 13.2 Å². The molecule has 3 unspecified atom stereocenters. The van der Waals surface area contributed by atoms with Crippen LogP contribution in [0, 0.1) is 0 Å². The predicted molar refractivity (Wildman–Crippen MR) is 89.3 cm³/mol. The molecule has 24 heavy (non-hydrogen) atoms. The van der Waals surface area contributed by atoms with Crippen molar-refractivity contribution in [1.82, 2.24) is 4.90 Å². The van der Waals surface area contributed by atoms with Crippen LogP contribution in [-0.4, -0.2) is 29.3 Å². The fourth-order valence-electron chi connectivity index (χ4n) is 3.49.